The largest absolute Gasteiger partial charge is 1.00 e. The summed E-state index contributed by atoms with van der Waals surface area (Å²) in [6.07, 6.45) is 1.36. The molecule has 1 aromatic rings. The Morgan fingerprint density at radius 3 is 2.67 bits per heavy atom. The van der Waals surface area contributed by atoms with Crippen molar-refractivity contribution in [1.82, 2.24) is 0 Å². The zero-order valence-corrected chi connectivity index (χ0v) is 9.21. The minimum atomic E-state index is -4.61. The predicted molar refractivity (Wildman–Crippen MR) is 33.2 cm³/mol. The van der Waals surface area contributed by atoms with E-state index in [-0.39, 0.29) is 36.2 Å². The van der Waals surface area contributed by atoms with Crippen LogP contribution in [0.5, 0.6) is 0 Å². The van der Waals surface area contributed by atoms with Gasteiger partial charge in [-0.05, 0) is 12.1 Å². The second-order valence-corrected chi connectivity index (χ2v) is 2.80. The quantitative estimate of drug-likeness (QED) is 0.300. The monoisotopic (exact) mass is 200 g/mol. The van der Waals surface area contributed by atoms with Gasteiger partial charge < -0.3 is 8.97 Å². The molecule has 0 saturated carbocycles. The molecule has 1 aromatic heterocycles. The molecule has 0 aromatic carbocycles. The summed E-state index contributed by atoms with van der Waals surface area (Å²) in [5, 5.41) is 0. The Morgan fingerprint density at radius 2 is 2.25 bits per heavy atom. The van der Waals surface area contributed by atoms with Crippen molar-refractivity contribution in [2.45, 2.75) is 6.61 Å². The van der Waals surface area contributed by atoms with Crippen molar-refractivity contribution in [3.05, 3.63) is 24.2 Å². The summed E-state index contributed by atoms with van der Waals surface area (Å²) in [6, 6.07) is 3.07. The van der Waals surface area contributed by atoms with Crippen molar-refractivity contribution in [3.63, 3.8) is 0 Å². The molecule has 0 atom stereocenters. The first kappa shape index (κ1) is 12.2. The van der Waals surface area contributed by atoms with Crippen molar-refractivity contribution in [3.8, 4) is 0 Å². The standard InChI is InChI=1S/C5H6O5S.Na/c6-11(7,8)10-4-5-2-1-3-9-5;/h1-3H,4H2,(H,6,7,8);/q;+1/p-1. The van der Waals surface area contributed by atoms with Crippen molar-refractivity contribution >= 4 is 10.4 Å². The van der Waals surface area contributed by atoms with Crippen LogP contribution in [-0.4, -0.2) is 13.0 Å². The molecule has 0 bridgehead atoms. The number of hydrogen-bond acceptors (Lipinski definition) is 5. The van der Waals surface area contributed by atoms with Gasteiger partial charge in [0.1, 0.15) is 12.4 Å². The summed E-state index contributed by atoms with van der Waals surface area (Å²) in [5.74, 6) is 0.296. The first-order chi connectivity index (χ1) is 5.08. The number of furan rings is 1. The van der Waals surface area contributed by atoms with Gasteiger partial charge in [-0.1, -0.05) is 0 Å². The molecule has 0 aliphatic heterocycles. The van der Waals surface area contributed by atoms with Gasteiger partial charge in [0.25, 0.3) is 0 Å². The van der Waals surface area contributed by atoms with Crippen LogP contribution in [0.15, 0.2) is 22.8 Å². The van der Waals surface area contributed by atoms with Crippen molar-refractivity contribution in [2.75, 3.05) is 0 Å². The van der Waals surface area contributed by atoms with Gasteiger partial charge in [-0.3, -0.25) is 4.18 Å². The summed E-state index contributed by atoms with van der Waals surface area (Å²) < 4.78 is 38.3. The van der Waals surface area contributed by atoms with Crippen LogP contribution in [0.3, 0.4) is 0 Å². The molecule has 62 valence electrons. The molecular formula is C5H5NaO5S. The van der Waals surface area contributed by atoms with E-state index in [4.69, 9.17) is 4.42 Å². The Hall–Kier alpha value is 0.150. The Balaban J connectivity index is 0.00000121. The second-order valence-electron chi connectivity index (χ2n) is 1.75. The third-order valence-corrected chi connectivity index (χ3v) is 1.33. The van der Waals surface area contributed by atoms with Crippen LogP contribution < -0.4 is 29.6 Å². The van der Waals surface area contributed by atoms with E-state index in [2.05, 4.69) is 4.18 Å². The van der Waals surface area contributed by atoms with E-state index in [1.807, 2.05) is 0 Å². The van der Waals surface area contributed by atoms with E-state index < -0.39 is 10.4 Å². The molecule has 0 unspecified atom stereocenters. The maximum absolute atomic E-state index is 9.91. The molecule has 12 heavy (non-hydrogen) atoms. The molecule has 0 radical (unpaired) electrons. The zero-order valence-electron chi connectivity index (χ0n) is 6.39. The average molecular weight is 200 g/mol. The van der Waals surface area contributed by atoms with E-state index in [0.717, 1.165) is 0 Å². The maximum atomic E-state index is 9.91. The zero-order chi connectivity index (χ0) is 8.32. The van der Waals surface area contributed by atoms with Gasteiger partial charge in [0, 0.05) is 0 Å². The average Bonchev–Trinajstić information content (AvgIpc) is 2.32. The molecule has 0 aliphatic rings. The van der Waals surface area contributed by atoms with Gasteiger partial charge in [-0.15, -0.1) is 0 Å². The molecule has 5 nitrogen and oxygen atoms in total. The second kappa shape index (κ2) is 5.00. The summed E-state index contributed by atoms with van der Waals surface area (Å²) >= 11 is 0. The molecule has 1 heterocycles. The summed E-state index contributed by atoms with van der Waals surface area (Å²) in [4.78, 5) is 0. The molecule has 0 fully saturated rings. The van der Waals surface area contributed by atoms with Crippen LogP contribution in [0, 0.1) is 0 Å². The molecule has 0 N–H and O–H groups in total. The van der Waals surface area contributed by atoms with E-state index in [0.29, 0.717) is 5.76 Å². The van der Waals surface area contributed by atoms with Crippen molar-refractivity contribution in [2.24, 2.45) is 0 Å². The third-order valence-electron chi connectivity index (χ3n) is 0.926. The van der Waals surface area contributed by atoms with Crippen LogP contribution in [0.4, 0.5) is 0 Å². The maximum Gasteiger partial charge on any atom is 1.00 e. The van der Waals surface area contributed by atoms with Crippen LogP contribution in [0.25, 0.3) is 0 Å². The topological polar surface area (TPSA) is 79.6 Å². The van der Waals surface area contributed by atoms with E-state index in [1.54, 1.807) is 6.07 Å². The molecule has 0 spiro atoms. The van der Waals surface area contributed by atoms with Crippen molar-refractivity contribution < 1.29 is 51.1 Å². The molecule has 0 amide bonds. The normalized spacial score (nSPS) is 10.8. The van der Waals surface area contributed by atoms with Gasteiger partial charge in [0.15, 0.2) is 0 Å². The third kappa shape index (κ3) is 4.91. The molecule has 0 aliphatic carbocycles. The summed E-state index contributed by atoms with van der Waals surface area (Å²) in [5.41, 5.74) is 0. The van der Waals surface area contributed by atoms with E-state index >= 15 is 0 Å². The van der Waals surface area contributed by atoms with Gasteiger partial charge in [-0.2, -0.15) is 0 Å². The molecule has 7 heteroatoms. The smallest absolute Gasteiger partial charge is 0.726 e. The van der Waals surface area contributed by atoms with E-state index in [9.17, 15) is 13.0 Å². The SMILES string of the molecule is O=S(=O)([O-])OCc1ccco1.[Na+]. The first-order valence-corrected chi connectivity index (χ1v) is 4.04. The van der Waals surface area contributed by atoms with Crippen LogP contribution in [0.1, 0.15) is 5.76 Å². The van der Waals surface area contributed by atoms with Gasteiger partial charge >= 0.3 is 29.6 Å². The van der Waals surface area contributed by atoms with Gasteiger partial charge in [0.05, 0.1) is 6.26 Å². The summed E-state index contributed by atoms with van der Waals surface area (Å²) in [6.45, 7) is -0.348. The summed E-state index contributed by atoms with van der Waals surface area (Å²) in [7, 11) is -4.61. The van der Waals surface area contributed by atoms with Crippen LogP contribution >= 0.6 is 0 Å². The fourth-order valence-corrected chi connectivity index (χ4v) is 0.785. The fourth-order valence-electron chi connectivity index (χ4n) is 0.525. The van der Waals surface area contributed by atoms with Crippen LogP contribution in [0.2, 0.25) is 0 Å². The first-order valence-electron chi connectivity index (χ1n) is 2.70. The minimum Gasteiger partial charge on any atom is -0.726 e. The molecular weight excluding hydrogens is 195 g/mol. The van der Waals surface area contributed by atoms with Crippen LogP contribution in [-0.2, 0) is 21.2 Å². The number of rotatable bonds is 3. The van der Waals surface area contributed by atoms with E-state index in [1.165, 1.54) is 12.3 Å². The number of hydrogen-bond donors (Lipinski definition) is 0. The molecule has 1 rings (SSSR count). The Kier molecular flexibility index (Phi) is 5.07. The Bertz CT molecular complexity index is 303. The predicted octanol–water partition coefficient (Wildman–Crippen LogP) is -2.74. The van der Waals surface area contributed by atoms with Gasteiger partial charge in [0.2, 0.25) is 10.4 Å². The Labute approximate surface area is 92.0 Å². The van der Waals surface area contributed by atoms with Gasteiger partial charge in [-0.25, -0.2) is 8.42 Å². The van der Waals surface area contributed by atoms with Crippen molar-refractivity contribution in [1.29, 1.82) is 0 Å². The fraction of sp³-hybridized carbons (Fsp3) is 0.200. The molecule has 0 saturated heterocycles. The Morgan fingerprint density at radius 1 is 1.58 bits per heavy atom. The minimum absolute atomic E-state index is 0.